The molecule has 1 fully saturated rings. The normalized spacial score (nSPS) is 17.5. The predicted molar refractivity (Wildman–Crippen MR) is 198 cm³/mol. The second kappa shape index (κ2) is 19.3. The minimum atomic E-state index is -5.38. The molecule has 0 aromatic heterocycles. The van der Waals surface area contributed by atoms with Gasteiger partial charge in [0.1, 0.15) is 23.7 Å². The van der Waals surface area contributed by atoms with Crippen LogP contribution in [0.2, 0.25) is 0 Å². The topological polar surface area (TPSA) is 166 Å². The number of benzene rings is 3. The highest BCUT2D eigenvalue weighted by Gasteiger charge is 2.50. The Bertz CT molecular complexity index is 2140. The molecule has 0 spiro atoms. The molecule has 11 nitrogen and oxygen atoms in total. The number of ether oxygens (including phenoxy) is 1. The number of hydrogen-bond donors (Lipinski definition) is 3. The van der Waals surface area contributed by atoms with Gasteiger partial charge < -0.3 is 20.7 Å². The van der Waals surface area contributed by atoms with Crippen LogP contribution in [-0.4, -0.2) is 59.9 Å². The molecule has 3 amide bonds. The van der Waals surface area contributed by atoms with E-state index >= 15 is 0 Å². The average molecular weight is 911 g/mol. The summed E-state index contributed by atoms with van der Waals surface area (Å²) in [5, 5.41) is 9.85. The standard InChI is InChI=1S/C40H38F12N6O5/c1-20(2)9-28(32(59)36(3)19-63-36)54-33(60)29(15-22-10-24(37(41,42)43)17-25(11-22)38(44,45)46)55-34(61)30(56-35(62)31(57-58-53)14-21-7-5-4-6-8-21)16-23-12-26(39(47,48)49)18-27(13-23)40(50,51)52/h4-8,10-13,17-18,20,28-31H,9,14-16,19H2,1-3H3,(H,54,60)(H,55,61)(H,56,62)/t28-,29-,30-,31?,36+/m0/s1. The van der Waals surface area contributed by atoms with Crippen LogP contribution < -0.4 is 16.0 Å². The lowest BCUT2D eigenvalue weighted by molar-refractivity contribution is -0.144. The minimum absolute atomic E-state index is 0.0744. The Morgan fingerprint density at radius 2 is 1.02 bits per heavy atom. The molecule has 3 N–H and O–H groups in total. The Balaban J connectivity index is 1.84. The van der Waals surface area contributed by atoms with Gasteiger partial charge in [-0.05, 0) is 84.3 Å². The van der Waals surface area contributed by atoms with E-state index in [0.717, 1.165) is 0 Å². The number of azide groups is 1. The molecule has 1 saturated heterocycles. The minimum Gasteiger partial charge on any atom is -0.361 e. The van der Waals surface area contributed by atoms with Crippen LogP contribution in [0.4, 0.5) is 52.7 Å². The van der Waals surface area contributed by atoms with Crippen LogP contribution >= 0.6 is 0 Å². The Hall–Kier alpha value is -5.83. The molecule has 0 aliphatic carbocycles. The van der Waals surface area contributed by atoms with E-state index in [2.05, 4.69) is 26.0 Å². The Morgan fingerprint density at radius 1 is 0.635 bits per heavy atom. The summed E-state index contributed by atoms with van der Waals surface area (Å²) in [4.78, 5) is 57.8. The number of alkyl halides is 12. The molecule has 1 aliphatic rings. The van der Waals surface area contributed by atoms with Crippen molar-refractivity contribution in [1.82, 2.24) is 16.0 Å². The van der Waals surface area contributed by atoms with Crippen molar-refractivity contribution in [3.05, 3.63) is 116 Å². The molecule has 4 rings (SSSR count). The van der Waals surface area contributed by atoms with Crippen LogP contribution in [0.15, 0.2) is 71.8 Å². The smallest absolute Gasteiger partial charge is 0.361 e. The van der Waals surface area contributed by atoms with Crippen LogP contribution in [0, 0.1) is 5.92 Å². The van der Waals surface area contributed by atoms with E-state index < -0.39 is 124 Å². The van der Waals surface area contributed by atoms with E-state index in [1.165, 1.54) is 31.2 Å². The summed E-state index contributed by atoms with van der Waals surface area (Å²) in [6.07, 6.45) is -24.3. The number of nitrogens with zero attached hydrogens (tertiary/aromatic N) is 3. The quantitative estimate of drug-likeness (QED) is 0.0407. The van der Waals surface area contributed by atoms with Gasteiger partial charge in [-0.25, -0.2) is 0 Å². The molecule has 0 radical (unpaired) electrons. The fourth-order valence-corrected chi connectivity index (χ4v) is 6.38. The first-order valence-electron chi connectivity index (χ1n) is 18.7. The number of ketones is 1. The molecule has 1 heterocycles. The zero-order valence-electron chi connectivity index (χ0n) is 33.2. The third-order valence-electron chi connectivity index (χ3n) is 9.64. The molecule has 342 valence electrons. The molecule has 0 saturated carbocycles. The Morgan fingerprint density at radius 3 is 1.37 bits per heavy atom. The van der Waals surface area contributed by atoms with Crippen LogP contribution in [0.25, 0.3) is 10.4 Å². The summed E-state index contributed by atoms with van der Waals surface area (Å²) in [5.74, 6) is -5.31. The molecule has 1 aliphatic heterocycles. The largest absolute Gasteiger partial charge is 0.416 e. The van der Waals surface area contributed by atoms with Gasteiger partial charge in [0.2, 0.25) is 17.7 Å². The van der Waals surface area contributed by atoms with Crippen molar-refractivity contribution in [1.29, 1.82) is 0 Å². The second-order valence-electron chi connectivity index (χ2n) is 15.3. The zero-order chi connectivity index (χ0) is 47.3. The lowest BCUT2D eigenvalue weighted by Crippen LogP contribution is -2.58. The molecule has 63 heavy (non-hydrogen) atoms. The summed E-state index contributed by atoms with van der Waals surface area (Å²) >= 11 is 0. The van der Waals surface area contributed by atoms with Gasteiger partial charge >= 0.3 is 24.7 Å². The number of Topliss-reactive ketones (excluding diaryl/α,β-unsaturated/α-hetero) is 1. The van der Waals surface area contributed by atoms with Gasteiger partial charge in [-0.3, -0.25) is 19.2 Å². The van der Waals surface area contributed by atoms with E-state index in [-0.39, 0.29) is 61.8 Å². The molecule has 1 unspecified atom stereocenters. The summed E-state index contributed by atoms with van der Waals surface area (Å²) in [6, 6.07) is 0.503. The highest BCUT2D eigenvalue weighted by atomic mass is 19.4. The summed E-state index contributed by atoms with van der Waals surface area (Å²) in [6.45, 7) is 4.57. The van der Waals surface area contributed by atoms with Crippen LogP contribution in [0.1, 0.15) is 66.1 Å². The molecule has 5 atom stereocenters. The molecule has 0 bridgehead atoms. The first-order valence-corrected chi connectivity index (χ1v) is 18.7. The summed E-state index contributed by atoms with van der Waals surface area (Å²) in [5.41, 5.74) is -0.802. The summed E-state index contributed by atoms with van der Waals surface area (Å²) < 4.78 is 171. The number of carbonyl (C=O) groups excluding carboxylic acids is 4. The number of nitrogens with one attached hydrogen (secondary N) is 3. The molecule has 3 aromatic rings. The predicted octanol–water partition coefficient (Wildman–Crippen LogP) is 8.33. The Labute approximate surface area is 350 Å². The van der Waals surface area contributed by atoms with Gasteiger partial charge in [-0.2, -0.15) is 52.7 Å². The zero-order valence-corrected chi connectivity index (χ0v) is 33.2. The van der Waals surface area contributed by atoms with E-state index in [0.29, 0.717) is 5.56 Å². The SMILES string of the molecule is CC(C)C[C@H](NC(=O)[C@H](Cc1cc(C(F)(F)F)cc(C(F)(F)F)c1)NC(=O)[C@H](Cc1cc(C(F)(F)F)cc(C(F)(F)F)c1)NC(=O)C(Cc1ccccc1)N=[N+]=[N-])C(=O)[C@@]1(C)CO1. The molecular formula is C40H38F12N6O5. The van der Waals surface area contributed by atoms with Crippen molar-refractivity contribution in [3.8, 4) is 0 Å². The van der Waals surface area contributed by atoms with E-state index in [1.54, 1.807) is 19.9 Å². The third kappa shape index (κ3) is 14.1. The van der Waals surface area contributed by atoms with Crippen LogP contribution in [0.5, 0.6) is 0 Å². The Kier molecular flexibility index (Phi) is 15.2. The van der Waals surface area contributed by atoms with Crippen molar-refractivity contribution < 1.29 is 76.6 Å². The number of rotatable bonds is 17. The highest BCUT2D eigenvalue weighted by molar-refractivity contribution is 5.98. The van der Waals surface area contributed by atoms with Gasteiger partial charge in [-0.1, -0.05) is 49.3 Å². The number of halogens is 12. The first kappa shape index (κ1) is 49.8. The van der Waals surface area contributed by atoms with Gasteiger partial charge in [0.25, 0.3) is 0 Å². The lowest BCUT2D eigenvalue weighted by Gasteiger charge is -2.27. The monoisotopic (exact) mass is 910 g/mol. The van der Waals surface area contributed by atoms with Crippen molar-refractivity contribution in [2.45, 2.75) is 101 Å². The molecule has 23 heteroatoms. The van der Waals surface area contributed by atoms with Gasteiger partial charge in [-0.15, -0.1) is 0 Å². The fraction of sp³-hybridized carbons (Fsp3) is 0.450. The second-order valence-corrected chi connectivity index (χ2v) is 15.3. The van der Waals surface area contributed by atoms with Gasteiger partial charge in [0, 0.05) is 17.8 Å². The van der Waals surface area contributed by atoms with Crippen molar-refractivity contribution in [2.24, 2.45) is 11.0 Å². The van der Waals surface area contributed by atoms with Crippen molar-refractivity contribution in [2.75, 3.05) is 6.61 Å². The number of amides is 3. The van der Waals surface area contributed by atoms with E-state index in [9.17, 15) is 77.4 Å². The summed E-state index contributed by atoms with van der Waals surface area (Å²) in [7, 11) is 0. The highest BCUT2D eigenvalue weighted by Crippen LogP contribution is 2.38. The number of carbonyl (C=O) groups is 4. The maximum Gasteiger partial charge on any atom is 0.416 e. The number of hydrogen-bond acceptors (Lipinski definition) is 6. The van der Waals surface area contributed by atoms with Gasteiger partial charge in [0.05, 0.1) is 34.9 Å². The fourth-order valence-electron chi connectivity index (χ4n) is 6.38. The van der Waals surface area contributed by atoms with E-state index in [4.69, 9.17) is 4.74 Å². The molecule has 3 aromatic carbocycles. The lowest BCUT2D eigenvalue weighted by atomic mass is 9.92. The maximum absolute atomic E-state index is 14.2. The van der Waals surface area contributed by atoms with Gasteiger partial charge in [0.15, 0.2) is 5.78 Å². The third-order valence-corrected chi connectivity index (χ3v) is 9.64. The van der Waals surface area contributed by atoms with Crippen LogP contribution in [0.3, 0.4) is 0 Å². The number of epoxide rings is 1. The average Bonchev–Trinajstić information content (AvgIpc) is 3.93. The van der Waals surface area contributed by atoms with Crippen LogP contribution in [-0.2, 0) is 67.9 Å². The van der Waals surface area contributed by atoms with Crippen molar-refractivity contribution in [3.63, 3.8) is 0 Å². The molecular weight excluding hydrogens is 872 g/mol. The maximum atomic E-state index is 14.2. The van der Waals surface area contributed by atoms with E-state index in [1.807, 2.05) is 0 Å². The first-order chi connectivity index (χ1) is 29.0. The van der Waals surface area contributed by atoms with Crippen molar-refractivity contribution >= 4 is 23.5 Å².